The molecule has 0 unspecified atom stereocenters. The molecule has 33 heavy (non-hydrogen) atoms. The number of morpholine rings is 1. The minimum atomic E-state index is -0.446. The predicted molar refractivity (Wildman–Crippen MR) is 131 cm³/mol. The fourth-order valence-electron chi connectivity index (χ4n) is 3.95. The Morgan fingerprint density at radius 2 is 1.76 bits per heavy atom. The van der Waals surface area contributed by atoms with E-state index >= 15 is 0 Å². The molecule has 2 saturated heterocycles. The lowest BCUT2D eigenvalue weighted by Gasteiger charge is -2.29. The summed E-state index contributed by atoms with van der Waals surface area (Å²) in [5.74, 6) is -0.847. The quantitative estimate of drug-likeness (QED) is 0.669. The first-order valence-electron chi connectivity index (χ1n) is 10.9. The lowest BCUT2D eigenvalue weighted by molar-refractivity contribution is -0.127. The Hall–Kier alpha value is -3.10. The van der Waals surface area contributed by atoms with Crippen molar-refractivity contribution < 1.29 is 19.1 Å². The minimum absolute atomic E-state index is 0.315. The molecule has 0 aliphatic carbocycles. The topological polar surface area (TPSA) is 79.0 Å². The number of amides is 3. The molecule has 8 heteroatoms. The lowest BCUT2D eigenvalue weighted by Crippen LogP contribution is -2.36. The fourth-order valence-corrected chi connectivity index (χ4v) is 4.78. The van der Waals surface area contributed by atoms with Crippen LogP contribution >= 0.6 is 11.8 Å². The molecule has 172 valence electrons. The van der Waals surface area contributed by atoms with Gasteiger partial charge in [0.05, 0.1) is 18.1 Å². The van der Waals surface area contributed by atoms with Gasteiger partial charge in [0.15, 0.2) is 0 Å². The summed E-state index contributed by atoms with van der Waals surface area (Å²) in [6, 6.07) is 11.8. The van der Waals surface area contributed by atoms with E-state index in [4.69, 9.17) is 4.74 Å². The Kier molecular flexibility index (Phi) is 6.85. The van der Waals surface area contributed by atoms with Crippen LogP contribution in [0.25, 0.3) is 6.08 Å². The van der Waals surface area contributed by atoms with E-state index in [-0.39, 0.29) is 6.54 Å². The van der Waals surface area contributed by atoms with Crippen LogP contribution in [0.5, 0.6) is 0 Å². The summed E-state index contributed by atoms with van der Waals surface area (Å²) < 4.78 is 5.41. The van der Waals surface area contributed by atoms with Crippen molar-refractivity contribution >= 4 is 46.3 Å². The Labute approximate surface area is 197 Å². The summed E-state index contributed by atoms with van der Waals surface area (Å²) in [4.78, 5) is 41.5. The number of carbonyl (C=O) groups excluding carboxylic acids is 3. The predicted octanol–water partition coefficient (Wildman–Crippen LogP) is 4.12. The van der Waals surface area contributed by atoms with Gasteiger partial charge in [0.2, 0.25) is 5.91 Å². The zero-order valence-electron chi connectivity index (χ0n) is 19.0. The molecule has 0 spiro atoms. The standard InChI is InChI=1S/C25H27N3O4S/c1-16-5-4-6-17(2)23(16)26-22(29)15-28-24(30)21(33-25(28)31)14-19-7-8-20(13-18(19)3)27-9-11-32-12-10-27/h4-8,13-14H,9-12,15H2,1-3H3,(H,26,29)/b21-14-. The number of hydrogen-bond donors (Lipinski definition) is 1. The van der Waals surface area contributed by atoms with E-state index in [1.54, 1.807) is 6.08 Å². The first-order chi connectivity index (χ1) is 15.8. The van der Waals surface area contributed by atoms with Gasteiger partial charge in [0, 0.05) is 24.5 Å². The maximum atomic E-state index is 12.9. The molecule has 2 aromatic carbocycles. The third kappa shape index (κ3) is 5.12. The van der Waals surface area contributed by atoms with Crippen LogP contribution in [-0.2, 0) is 14.3 Å². The number of thioether (sulfide) groups is 1. The Morgan fingerprint density at radius 3 is 2.42 bits per heavy atom. The fraction of sp³-hybridized carbons (Fsp3) is 0.320. The van der Waals surface area contributed by atoms with E-state index < -0.39 is 17.1 Å². The van der Waals surface area contributed by atoms with Crippen LogP contribution in [-0.4, -0.2) is 54.8 Å². The average Bonchev–Trinajstić information content (AvgIpc) is 3.05. The third-order valence-corrected chi connectivity index (χ3v) is 6.74. The summed E-state index contributed by atoms with van der Waals surface area (Å²) in [7, 11) is 0. The van der Waals surface area contributed by atoms with Gasteiger partial charge in [-0.15, -0.1) is 0 Å². The van der Waals surface area contributed by atoms with Gasteiger partial charge >= 0.3 is 0 Å². The second-order valence-corrected chi connectivity index (χ2v) is 9.22. The maximum absolute atomic E-state index is 12.9. The number of para-hydroxylation sites is 1. The van der Waals surface area contributed by atoms with Gasteiger partial charge in [-0.2, -0.15) is 0 Å². The molecule has 3 amide bonds. The van der Waals surface area contributed by atoms with Crippen molar-refractivity contribution in [1.29, 1.82) is 0 Å². The van der Waals surface area contributed by atoms with Gasteiger partial charge in [0.1, 0.15) is 6.54 Å². The lowest BCUT2D eigenvalue weighted by atomic mass is 10.1. The van der Waals surface area contributed by atoms with E-state index in [9.17, 15) is 14.4 Å². The van der Waals surface area contributed by atoms with Crippen LogP contribution in [0.4, 0.5) is 16.2 Å². The number of carbonyl (C=O) groups is 3. The summed E-state index contributed by atoms with van der Waals surface area (Å²) in [5, 5.41) is 2.39. The van der Waals surface area contributed by atoms with Crippen LogP contribution in [0.15, 0.2) is 41.3 Å². The highest BCUT2D eigenvalue weighted by molar-refractivity contribution is 8.18. The van der Waals surface area contributed by atoms with Crippen molar-refractivity contribution in [3.63, 3.8) is 0 Å². The number of benzene rings is 2. The Morgan fingerprint density at radius 1 is 1.06 bits per heavy atom. The second-order valence-electron chi connectivity index (χ2n) is 8.22. The number of ether oxygens (including phenoxy) is 1. The SMILES string of the molecule is Cc1cc(N2CCOCC2)ccc1/C=C1\SC(=O)N(CC(=O)Nc2c(C)cccc2C)C1=O. The number of anilines is 2. The molecule has 2 aliphatic rings. The van der Waals surface area contributed by atoms with Gasteiger partial charge in [-0.3, -0.25) is 19.3 Å². The monoisotopic (exact) mass is 465 g/mol. The molecular formula is C25H27N3O4S. The van der Waals surface area contributed by atoms with Gasteiger partial charge in [-0.1, -0.05) is 24.3 Å². The normalized spacial score (nSPS) is 17.7. The van der Waals surface area contributed by atoms with Crippen LogP contribution in [0.2, 0.25) is 0 Å². The van der Waals surface area contributed by atoms with Crippen molar-refractivity contribution in [3.8, 4) is 0 Å². The zero-order valence-corrected chi connectivity index (χ0v) is 19.8. The molecular weight excluding hydrogens is 438 g/mol. The second kappa shape index (κ2) is 9.80. The molecule has 1 N–H and O–H groups in total. The molecule has 2 aliphatic heterocycles. The van der Waals surface area contributed by atoms with Crippen molar-refractivity contribution in [3.05, 3.63) is 63.6 Å². The highest BCUT2D eigenvalue weighted by atomic mass is 32.2. The van der Waals surface area contributed by atoms with E-state index in [1.165, 1.54) is 0 Å². The van der Waals surface area contributed by atoms with Crippen LogP contribution in [0.1, 0.15) is 22.3 Å². The first kappa shape index (κ1) is 23.1. The molecule has 2 fully saturated rings. The van der Waals surface area contributed by atoms with Crippen LogP contribution in [0.3, 0.4) is 0 Å². The smallest absolute Gasteiger partial charge is 0.294 e. The number of imide groups is 1. The molecule has 0 radical (unpaired) electrons. The summed E-state index contributed by atoms with van der Waals surface area (Å²) in [5.41, 5.74) is 5.56. The number of aryl methyl sites for hydroxylation is 3. The molecule has 2 aromatic rings. The van der Waals surface area contributed by atoms with Crippen LogP contribution < -0.4 is 10.2 Å². The molecule has 0 atom stereocenters. The number of hydrogen-bond acceptors (Lipinski definition) is 6. The highest BCUT2D eigenvalue weighted by Crippen LogP contribution is 2.33. The molecule has 0 aromatic heterocycles. The van der Waals surface area contributed by atoms with E-state index in [0.29, 0.717) is 23.8 Å². The molecule has 4 rings (SSSR count). The number of nitrogens with zero attached hydrogens (tertiary/aromatic N) is 2. The Bertz CT molecular complexity index is 1120. The molecule has 0 saturated carbocycles. The van der Waals surface area contributed by atoms with Crippen molar-refractivity contribution in [2.75, 3.05) is 43.1 Å². The first-order valence-corrected chi connectivity index (χ1v) is 11.7. The van der Waals surface area contributed by atoms with Crippen molar-refractivity contribution in [2.24, 2.45) is 0 Å². The van der Waals surface area contributed by atoms with Crippen LogP contribution in [0, 0.1) is 20.8 Å². The minimum Gasteiger partial charge on any atom is -0.378 e. The highest BCUT2D eigenvalue weighted by Gasteiger charge is 2.36. The summed E-state index contributed by atoms with van der Waals surface area (Å²) in [6.07, 6.45) is 1.73. The van der Waals surface area contributed by atoms with E-state index in [0.717, 1.165) is 57.7 Å². The van der Waals surface area contributed by atoms with Crippen molar-refractivity contribution in [1.82, 2.24) is 4.90 Å². The zero-order chi connectivity index (χ0) is 23.5. The van der Waals surface area contributed by atoms with Gasteiger partial charge < -0.3 is 15.0 Å². The van der Waals surface area contributed by atoms with Gasteiger partial charge in [-0.05, 0) is 73.0 Å². The summed E-state index contributed by atoms with van der Waals surface area (Å²) >= 11 is 0.864. The third-order valence-electron chi connectivity index (χ3n) is 5.84. The maximum Gasteiger partial charge on any atom is 0.294 e. The number of nitrogens with one attached hydrogen (secondary N) is 1. The van der Waals surface area contributed by atoms with Crippen molar-refractivity contribution in [2.45, 2.75) is 20.8 Å². The van der Waals surface area contributed by atoms with Gasteiger partial charge in [0.25, 0.3) is 11.1 Å². The molecule has 7 nitrogen and oxygen atoms in total. The van der Waals surface area contributed by atoms with Gasteiger partial charge in [-0.25, -0.2) is 0 Å². The van der Waals surface area contributed by atoms with E-state index in [1.807, 2.05) is 51.1 Å². The van der Waals surface area contributed by atoms with E-state index in [2.05, 4.69) is 16.3 Å². The Balaban J connectivity index is 1.46. The molecule has 0 bridgehead atoms. The average molecular weight is 466 g/mol. The number of rotatable bonds is 5. The summed E-state index contributed by atoms with van der Waals surface area (Å²) in [6.45, 7) is 8.60. The molecule has 2 heterocycles. The largest absolute Gasteiger partial charge is 0.378 e.